The van der Waals surface area contributed by atoms with Crippen LogP contribution in [-0.2, 0) is 0 Å². The smallest absolute Gasteiger partial charge is 0.287 e. The number of hydroxylamine groups is 1. The second kappa shape index (κ2) is 5.24. The molecule has 1 aromatic rings. The van der Waals surface area contributed by atoms with Gasteiger partial charge >= 0.3 is 0 Å². The van der Waals surface area contributed by atoms with Crippen molar-refractivity contribution >= 4 is 40.0 Å². The summed E-state index contributed by atoms with van der Waals surface area (Å²) < 4.78 is 0.940. The highest BCUT2D eigenvalue weighted by Gasteiger charge is 2.26. The molecule has 90 valence electrons. The number of nitrogens with zero attached hydrogens (tertiary/aromatic N) is 1. The van der Waals surface area contributed by atoms with Crippen LogP contribution in [0.2, 0.25) is 0 Å². The molecule has 1 atom stereocenters. The lowest BCUT2D eigenvalue weighted by molar-refractivity contribution is -0.670. The van der Waals surface area contributed by atoms with E-state index in [1.54, 1.807) is 12.1 Å². The van der Waals surface area contributed by atoms with E-state index in [-0.39, 0.29) is 11.0 Å². The number of quaternary nitrogens is 1. The van der Waals surface area contributed by atoms with Gasteiger partial charge in [-0.05, 0) is 41.1 Å². The molecule has 4 nitrogen and oxygen atoms in total. The van der Waals surface area contributed by atoms with Crippen molar-refractivity contribution in [3.8, 4) is 0 Å². The van der Waals surface area contributed by atoms with Gasteiger partial charge < -0.3 is 5.21 Å². The first-order valence-electron chi connectivity index (χ1n) is 5.59. The number of rotatable bonds is 3. The molecule has 1 aliphatic rings. The fourth-order valence-corrected chi connectivity index (χ4v) is 2.29. The molecule has 0 aliphatic carbocycles. The highest BCUT2D eigenvalue weighted by molar-refractivity contribution is 14.1. The van der Waals surface area contributed by atoms with E-state index >= 15 is 0 Å². The van der Waals surface area contributed by atoms with Crippen LogP contribution in [0.4, 0.5) is 5.69 Å². The highest BCUT2D eigenvalue weighted by atomic mass is 127. The van der Waals surface area contributed by atoms with Crippen molar-refractivity contribution in [1.29, 1.82) is 0 Å². The number of carbonyl (C=O) groups is 1. The maximum Gasteiger partial charge on any atom is 0.287 e. The second-order valence-electron chi connectivity index (χ2n) is 3.99. The van der Waals surface area contributed by atoms with Crippen molar-refractivity contribution in [2.75, 3.05) is 0 Å². The zero-order valence-corrected chi connectivity index (χ0v) is 11.7. The number of amidine groups is 1. The van der Waals surface area contributed by atoms with Crippen LogP contribution in [0.5, 0.6) is 0 Å². The molecule has 1 aromatic carbocycles. The van der Waals surface area contributed by atoms with Crippen LogP contribution in [0.1, 0.15) is 36.5 Å². The topological polar surface area (TPSA) is 56.9 Å². The van der Waals surface area contributed by atoms with Crippen molar-refractivity contribution < 1.29 is 9.86 Å². The Bertz CT molecular complexity index is 485. The molecule has 1 N–H and O–H groups in total. The maximum atomic E-state index is 12.1. The van der Waals surface area contributed by atoms with E-state index in [0.29, 0.717) is 23.5 Å². The molecule has 0 fully saturated rings. The van der Waals surface area contributed by atoms with E-state index in [4.69, 9.17) is 0 Å². The molecule has 0 aromatic heterocycles. The Hall–Kier alpha value is -0.790. The van der Waals surface area contributed by atoms with E-state index in [1.165, 1.54) is 0 Å². The summed E-state index contributed by atoms with van der Waals surface area (Å²) in [4.78, 5) is 15.7. The van der Waals surface area contributed by atoms with Crippen molar-refractivity contribution in [3.05, 3.63) is 32.5 Å². The quantitative estimate of drug-likeness (QED) is 0.674. The van der Waals surface area contributed by atoms with Gasteiger partial charge in [0.25, 0.3) is 5.91 Å². The Labute approximate surface area is 113 Å². The van der Waals surface area contributed by atoms with Gasteiger partial charge in [-0.2, -0.15) is 4.99 Å². The van der Waals surface area contributed by atoms with Crippen LogP contribution in [0.15, 0.2) is 23.2 Å². The van der Waals surface area contributed by atoms with Crippen LogP contribution >= 0.6 is 22.6 Å². The fourth-order valence-electron chi connectivity index (χ4n) is 1.79. The molecule has 0 radical (unpaired) electrons. The van der Waals surface area contributed by atoms with Crippen LogP contribution in [0, 0.1) is 8.78 Å². The molecule has 1 heterocycles. The summed E-state index contributed by atoms with van der Waals surface area (Å²) >= 11 is 2.12. The largest absolute Gasteiger partial charge is 0.622 e. The Morgan fingerprint density at radius 3 is 2.94 bits per heavy atom. The van der Waals surface area contributed by atoms with Crippen LogP contribution in [0.3, 0.4) is 0 Å². The van der Waals surface area contributed by atoms with E-state index in [9.17, 15) is 10.0 Å². The number of carbonyl (C=O) groups excluding carboxylic acids is 1. The van der Waals surface area contributed by atoms with Crippen LogP contribution in [-0.4, -0.2) is 11.7 Å². The molecule has 5 heteroatoms. The van der Waals surface area contributed by atoms with Gasteiger partial charge in [-0.1, -0.05) is 13.3 Å². The lowest BCUT2D eigenvalue weighted by Crippen LogP contribution is -3.06. The zero-order chi connectivity index (χ0) is 12.4. The predicted octanol–water partition coefficient (Wildman–Crippen LogP) is 2.05. The Morgan fingerprint density at radius 2 is 2.24 bits per heavy atom. The summed E-state index contributed by atoms with van der Waals surface area (Å²) in [5.74, 6) is 0.120. The lowest BCUT2D eigenvalue weighted by atomic mass is 10.1. The number of fused-ring (bicyclic) bond motifs is 1. The third-order valence-electron chi connectivity index (χ3n) is 2.72. The molecule has 1 aliphatic heterocycles. The summed E-state index contributed by atoms with van der Waals surface area (Å²) in [6.07, 6.45) is 2.46. The van der Waals surface area contributed by atoms with Crippen molar-refractivity contribution in [1.82, 2.24) is 0 Å². The minimum atomic E-state index is -0.288. The van der Waals surface area contributed by atoms with E-state index in [2.05, 4.69) is 27.6 Å². The monoisotopic (exact) mass is 344 g/mol. The lowest BCUT2D eigenvalue weighted by Gasteiger charge is -2.27. The zero-order valence-electron chi connectivity index (χ0n) is 9.50. The Kier molecular flexibility index (Phi) is 3.90. The SMILES string of the molecule is CCCCC1=NC(=O)c2cc(I)ccc2[NH+]1[O-]. The number of amides is 1. The fraction of sp³-hybridized carbons (Fsp3) is 0.333. The summed E-state index contributed by atoms with van der Waals surface area (Å²) in [5, 5.41) is 12.0. The molecular weight excluding hydrogens is 331 g/mol. The van der Waals surface area contributed by atoms with Gasteiger partial charge in [0.15, 0.2) is 0 Å². The van der Waals surface area contributed by atoms with E-state index < -0.39 is 0 Å². The maximum absolute atomic E-state index is 12.1. The van der Waals surface area contributed by atoms with Gasteiger partial charge in [-0.3, -0.25) is 9.86 Å². The standard InChI is InChI=1S/C12H13IN2O2/c1-2-3-4-11-14-12(16)9-7-8(13)5-6-10(9)15(11)17/h5-7,15H,2-4H2,1H3. The number of aliphatic imine (C=N–C) groups is 1. The minimum absolute atomic E-state index is 0.0931. The molecular formula is C12H13IN2O2. The summed E-state index contributed by atoms with van der Waals surface area (Å²) in [6, 6.07) is 5.28. The molecule has 0 bridgehead atoms. The molecule has 2 rings (SSSR count). The minimum Gasteiger partial charge on any atom is -0.622 e. The average molecular weight is 344 g/mol. The number of halogens is 1. The molecule has 1 amide bonds. The molecule has 0 saturated carbocycles. The van der Waals surface area contributed by atoms with Gasteiger partial charge in [0.1, 0.15) is 11.3 Å². The first-order valence-corrected chi connectivity index (χ1v) is 6.67. The van der Waals surface area contributed by atoms with Crippen molar-refractivity contribution in [2.24, 2.45) is 4.99 Å². The summed E-state index contributed by atoms with van der Waals surface area (Å²) in [6.45, 7) is 2.05. The normalized spacial score (nSPS) is 18.9. The average Bonchev–Trinajstić information content (AvgIpc) is 2.32. The predicted molar refractivity (Wildman–Crippen MR) is 74.4 cm³/mol. The van der Waals surface area contributed by atoms with Gasteiger partial charge in [-0.25, -0.2) is 0 Å². The molecule has 1 unspecified atom stereocenters. The number of hydrogen-bond donors (Lipinski definition) is 1. The first kappa shape index (κ1) is 12.7. The number of hydrogen-bond acceptors (Lipinski definition) is 2. The number of unbranched alkanes of at least 4 members (excludes halogenated alkanes) is 1. The number of benzene rings is 1. The van der Waals surface area contributed by atoms with Gasteiger partial charge in [0, 0.05) is 16.1 Å². The number of nitrogens with one attached hydrogen (secondary N) is 1. The Balaban J connectivity index is 2.35. The highest BCUT2D eigenvalue weighted by Crippen LogP contribution is 2.19. The molecule has 17 heavy (non-hydrogen) atoms. The van der Waals surface area contributed by atoms with E-state index in [1.807, 2.05) is 13.0 Å². The third-order valence-corrected chi connectivity index (χ3v) is 3.39. The summed E-state index contributed by atoms with van der Waals surface area (Å²) in [5.41, 5.74) is 0.929. The van der Waals surface area contributed by atoms with Gasteiger partial charge in [-0.15, -0.1) is 0 Å². The van der Waals surface area contributed by atoms with Gasteiger partial charge in [0.05, 0.1) is 0 Å². The van der Waals surface area contributed by atoms with Gasteiger partial charge in [0.2, 0.25) is 5.84 Å². The third kappa shape index (κ3) is 2.56. The summed E-state index contributed by atoms with van der Waals surface area (Å²) in [7, 11) is 0. The molecule has 0 saturated heterocycles. The molecule has 0 spiro atoms. The van der Waals surface area contributed by atoms with Crippen LogP contribution < -0.4 is 5.06 Å². The first-order chi connectivity index (χ1) is 8.13. The van der Waals surface area contributed by atoms with E-state index in [0.717, 1.165) is 16.4 Å². The van der Waals surface area contributed by atoms with Crippen LogP contribution in [0.25, 0.3) is 0 Å². The van der Waals surface area contributed by atoms with Crippen molar-refractivity contribution in [3.63, 3.8) is 0 Å². The second-order valence-corrected chi connectivity index (χ2v) is 5.23. The van der Waals surface area contributed by atoms with Crippen molar-refractivity contribution in [2.45, 2.75) is 26.2 Å². The Morgan fingerprint density at radius 1 is 1.47 bits per heavy atom.